The largest absolute Gasteiger partial charge is 0.508 e. The van der Waals surface area contributed by atoms with Crippen molar-refractivity contribution in [3.05, 3.63) is 41.3 Å². The van der Waals surface area contributed by atoms with Crippen LogP contribution in [0.4, 0.5) is 0 Å². The third kappa shape index (κ3) is 2.98. The maximum absolute atomic E-state index is 12.9. The third-order valence-electron chi connectivity index (χ3n) is 4.79. The van der Waals surface area contributed by atoms with Crippen LogP contribution in [0.15, 0.2) is 35.7 Å². The van der Waals surface area contributed by atoms with Crippen molar-refractivity contribution in [1.82, 2.24) is 10.2 Å². The van der Waals surface area contributed by atoms with Crippen molar-refractivity contribution >= 4 is 23.7 Å². The summed E-state index contributed by atoms with van der Waals surface area (Å²) < 4.78 is 10.2. The van der Waals surface area contributed by atoms with E-state index < -0.39 is 47.3 Å². The van der Waals surface area contributed by atoms with Crippen LogP contribution < -0.4 is 10.1 Å². The first-order valence-corrected chi connectivity index (χ1v) is 8.70. The highest BCUT2D eigenvalue weighted by molar-refractivity contribution is 6.15. The number of aliphatic hydroxyl groups is 1. The molecule has 1 aromatic rings. The topological polar surface area (TPSA) is 122 Å². The summed E-state index contributed by atoms with van der Waals surface area (Å²) >= 11 is 0. The number of nitrogens with zero attached hydrogens (tertiary/aromatic N) is 1. The van der Waals surface area contributed by atoms with Gasteiger partial charge in [-0.05, 0) is 24.6 Å². The fraction of sp³-hybridized carbons (Fsp3) is 0.368. The summed E-state index contributed by atoms with van der Waals surface area (Å²) in [6.07, 6.45) is 0. The second-order valence-corrected chi connectivity index (χ2v) is 6.43. The summed E-state index contributed by atoms with van der Waals surface area (Å²) in [5.74, 6) is -5.01. The summed E-state index contributed by atoms with van der Waals surface area (Å²) in [5, 5.41) is 12.9. The molecule has 3 amide bonds. The molecule has 0 bridgehead atoms. The molecule has 148 valence electrons. The number of imide groups is 1. The lowest BCUT2D eigenvalue weighted by Crippen LogP contribution is -2.38. The molecule has 3 atom stereocenters. The van der Waals surface area contributed by atoms with Crippen molar-refractivity contribution in [3.63, 3.8) is 0 Å². The molecule has 0 radical (unpaired) electrons. The predicted octanol–water partition coefficient (Wildman–Crippen LogP) is 0.615. The average molecular weight is 388 g/mol. The Morgan fingerprint density at radius 3 is 2.39 bits per heavy atom. The van der Waals surface area contributed by atoms with Gasteiger partial charge in [0, 0.05) is 12.8 Å². The molecule has 2 heterocycles. The summed E-state index contributed by atoms with van der Waals surface area (Å²) in [5.41, 5.74) is 0.190. The number of carbonyl (C=O) groups excluding carboxylic acids is 4. The number of fused-ring (bicyclic) bond motifs is 1. The molecule has 9 heteroatoms. The van der Waals surface area contributed by atoms with Crippen LogP contribution in [0.2, 0.25) is 0 Å². The van der Waals surface area contributed by atoms with Gasteiger partial charge in [-0.15, -0.1) is 0 Å². The lowest BCUT2D eigenvalue weighted by molar-refractivity contribution is -0.153. The molecule has 2 aliphatic rings. The van der Waals surface area contributed by atoms with E-state index in [1.54, 1.807) is 31.2 Å². The zero-order valence-corrected chi connectivity index (χ0v) is 15.6. The van der Waals surface area contributed by atoms with Crippen molar-refractivity contribution in [2.24, 2.45) is 5.92 Å². The SMILES string of the molecule is CCOC(=O)C1C(=O)N2C(=O)C(NC(C)=O)=C(O)C2C1c1ccc(OC)cc1. The molecule has 0 spiro atoms. The van der Waals surface area contributed by atoms with E-state index in [0.29, 0.717) is 11.3 Å². The first kappa shape index (κ1) is 19.4. The van der Waals surface area contributed by atoms with Crippen LogP contribution in [0, 0.1) is 5.92 Å². The van der Waals surface area contributed by atoms with E-state index in [1.165, 1.54) is 14.0 Å². The highest BCUT2D eigenvalue weighted by atomic mass is 16.5. The first-order chi connectivity index (χ1) is 13.3. The van der Waals surface area contributed by atoms with Crippen molar-refractivity contribution in [2.75, 3.05) is 13.7 Å². The minimum absolute atomic E-state index is 0.0650. The highest BCUT2D eigenvalue weighted by Crippen LogP contribution is 2.46. The molecule has 2 N–H and O–H groups in total. The van der Waals surface area contributed by atoms with Crippen LogP contribution in [0.25, 0.3) is 0 Å². The van der Waals surface area contributed by atoms with Gasteiger partial charge in [0.15, 0.2) is 0 Å². The van der Waals surface area contributed by atoms with E-state index in [0.717, 1.165) is 4.90 Å². The van der Waals surface area contributed by atoms with Crippen LogP contribution in [0.5, 0.6) is 5.75 Å². The molecule has 0 saturated carbocycles. The van der Waals surface area contributed by atoms with Gasteiger partial charge in [0.2, 0.25) is 11.8 Å². The normalized spacial score (nSPS) is 23.7. The number of rotatable bonds is 5. The molecular formula is C19H20N2O7. The zero-order valence-electron chi connectivity index (χ0n) is 15.6. The molecule has 3 rings (SSSR count). The Bertz CT molecular complexity index is 875. The molecule has 9 nitrogen and oxygen atoms in total. The van der Waals surface area contributed by atoms with Gasteiger partial charge in [-0.3, -0.25) is 24.1 Å². The Balaban J connectivity index is 2.11. The Morgan fingerprint density at radius 1 is 1.21 bits per heavy atom. The monoisotopic (exact) mass is 388 g/mol. The molecule has 2 aliphatic heterocycles. The van der Waals surface area contributed by atoms with Crippen molar-refractivity contribution in [3.8, 4) is 5.75 Å². The molecule has 1 aromatic carbocycles. The number of nitrogens with one attached hydrogen (secondary N) is 1. The van der Waals surface area contributed by atoms with Gasteiger partial charge in [0.1, 0.15) is 29.2 Å². The van der Waals surface area contributed by atoms with Gasteiger partial charge >= 0.3 is 5.97 Å². The maximum atomic E-state index is 12.9. The van der Waals surface area contributed by atoms with E-state index >= 15 is 0 Å². The predicted molar refractivity (Wildman–Crippen MR) is 95.0 cm³/mol. The van der Waals surface area contributed by atoms with Gasteiger partial charge in [0.05, 0.1) is 13.7 Å². The fourth-order valence-corrected chi connectivity index (χ4v) is 3.65. The van der Waals surface area contributed by atoms with E-state index in [1.807, 2.05) is 0 Å². The van der Waals surface area contributed by atoms with Gasteiger partial charge in [-0.25, -0.2) is 0 Å². The van der Waals surface area contributed by atoms with E-state index in [-0.39, 0.29) is 12.3 Å². The maximum Gasteiger partial charge on any atom is 0.319 e. The number of methoxy groups -OCH3 is 1. The number of carbonyl (C=O) groups is 4. The van der Waals surface area contributed by atoms with E-state index in [2.05, 4.69) is 5.32 Å². The van der Waals surface area contributed by atoms with Crippen molar-refractivity contribution in [2.45, 2.75) is 25.8 Å². The quantitative estimate of drug-likeness (QED) is 0.431. The lowest BCUT2D eigenvalue weighted by Gasteiger charge is -2.21. The zero-order chi connectivity index (χ0) is 20.6. The summed E-state index contributed by atoms with van der Waals surface area (Å²) in [7, 11) is 1.50. The average Bonchev–Trinajstić information content (AvgIpc) is 3.09. The lowest BCUT2D eigenvalue weighted by atomic mass is 9.83. The Kier molecular flexibility index (Phi) is 5.08. The molecule has 1 fully saturated rings. The van der Waals surface area contributed by atoms with E-state index in [4.69, 9.17) is 9.47 Å². The molecular weight excluding hydrogens is 368 g/mol. The number of ether oxygens (including phenoxy) is 2. The number of hydrogen-bond acceptors (Lipinski definition) is 7. The highest BCUT2D eigenvalue weighted by Gasteiger charge is 2.61. The summed E-state index contributed by atoms with van der Waals surface area (Å²) in [6.45, 7) is 2.86. The Morgan fingerprint density at radius 2 is 1.86 bits per heavy atom. The van der Waals surface area contributed by atoms with Crippen LogP contribution in [-0.4, -0.2) is 53.5 Å². The molecule has 0 aromatic heterocycles. The molecule has 28 heavy (non-hydrogen) atoms. The van der Waals surface area contributed by atoms with Crippen LogP contribution >= 0.6 is 0 Å². The van der Waals surface area contributed by atoms with Crippen LogP contribution in [0.1, 0.15) is 25.3 Å². The van der Waals surface area contributed by atoms with Gasteiger partial charge in [-0.1, -0.05) is 12.1 Å². The van der Waals surface area contributed by atoms with Gasteiger partial charge in [-0.2, -0.15) is 0 Å². The van der Waals surface area contributed by atoms with E-state index in [9.17, 15) is 24.3 Å². The molecule has 1 saturated heterocycles. The molecule has 3 unspecified atom stereocenters. The number of esters is 1. The molecule has 0 aliphatic carbocycles. The fourth-order valence-electron chi connectivity index (χ4n) is 3.65. The first-order valence-electron chi connectivity index (χ1n) is 8.70. The van der Waals surface area contributed by atoms with Crippen LogP contribution in [-0.2, 0) is 23.9 Å². The van der Waals surface area contributed by atoms with Gasteiger partial charge < -0.3 is 19.9 Å². The number of amides is 3. The van der Waals surface area contributed by atoms with Crippen molar-refractivity contribution < 1.29 is 33.8 Å². The Hall–Kier alpha value is -3.36. The standard InChI is InChI=1S/C19H20N2O7/c1-4-28-19(26)13-12(10-5-7-11(27-3)8-6-10)15-16(23)14(20-9(2)22)18(25)21(15)17(13)24/h5-8,12-13,15,23H,4H2,1-3H3,(H,20,22). The second-order valence-electron chi connectivity index (χ2n) is 6.43. The minimum Gasteiger partial charge on any atom is -0.508 e. The van der Waals surface area contributed by atoms with Crippen LogP contribution in [0.3, 0.4) is 0 Å². The summed E-state index contributed by atoms with van der Waals surface area (Å²) in [4.78, 5) is 50.3. The third-order valence-corrected chi connectivity index (χ3v) is 4.79. The number of aliphatic hydroxyl groups excluding tert-OH is 1. The van der Waals surface area contributed by atoms with Crippen molar-refractivity contribution in [1.29, 1.82) is 0 Å². The second kappa shape index (κ2) is 7.34. The Labute approximate surface area is 160 Å². The minimum atomic E-state index is -1.29. The smallest absolute Gasteiger partial charge is 0.319 e. The number of benzene rings is 1. The number of hydrogen-bond donors (Lipinski definition) is 2. The summed E-state index contributed by atoms with van der Waals surface area (Å²) in [6, 6.07) is 5.50. The van der Waals surface area contributed by atoms with Gasteiger partial charge in [0.25, 0.3) is 5.91 Å².